The highest BCUT2D eigenvalue weighted by Crippen LogP contribution is 2.31. The average Bonchev–Trinajstić information content (AvgIpc) is 3.04. The molecule has 6 heteroatoms. The molecule has 3 rings (SSSR count). The molecule has 0 atom stereocenters. The lowest BCUT2D eigenvalue weighted by Gasteiger charge is -2.17. The highest BCUT2D eigenvalue weighted by Gasteiger charge is 2.20. The van der Waals surface area contributed by atoms with E-state index in [4.69, 9.17) is 4.74 Å². The molecule has 0 amide bonds. The molecule has 0 saturated heterocycles. The first-order valence-corrected chi connectivity index (χ1v) is 7.91. The number of aromatic nitrogens is 2. The first-order chi connectivity index (χ1) is 11.9. The highest BCUT2D eigenvalue weighted by molar-refractivity contribution is 5.97. The van der Waals surface area contributed by atoms with E-state index in [2.05, 4.69) is 21.2 Å². The number of fused-ring (bicyclic) bond motifs is 1. The second-order valence-corrected chi connectivity index (χ2v) is 6.51. The van der Waals surface area contributed by atoms with Crippen molar-refractivity contribution in [2.75, 3.05) is 6.61 Å². The monoisotopic (exact) mass is 334 g/mol. The fraction of sp³-hybridized carbons (Fsp3) is 0.263. The first kappa shape index (κ1) is 16.7. The number of H-pyrrole nitrogens is 1. The Balaban J connectivity index is 1.94. The van der Waals surface area contributed by atoms with Crippen molar-refractivity contribution in [2.24, 2.45) is 5.18 Å². The Kier molecular flexibility index (Phi) is 4.24. The molecule has 126 valence electrons. The fourth-order valence-corrected chi connectivity index (χ4v) is 2.59. The molecule has 0 unspecified atom stereocenters. The second-order valence-electron chi connectivity index (χ2n) is 6.51. The lowest BCUT2D eigenvalue weighted by atomic mass is 10.1. The molecule has 2 aromatic heterocycles. The predicted octanol–water partition coefficient (Wildman–Crippen LogP) is 4.33. The molecule has 2 heterocycles. The maximum Gasteiger partial charge on any atom is 0.140 e. The van der Waals surface area contributed by atoms with E-state index in [0.29, 0.717) is 11.3 Å². The molecule has 0 spiro atoms. The standard InChI is InChI=1S/C19H18N4O2/c1-12-17(25-11-19(2,3)23-24)8-7-16(22-12)15-10-21-18-13(9-20)5-4-6-14(15)18/h4-8,10,21H,11H2,1-3H3. The maximum atomic E-state index is 10.7. The van der Waals surface area contributed by atoms with Crippen molar-refractivity contribution >= 4 is 10.9 Å². The van der Waals surface area contributed by atoms with Gasteiger partial charge in [0.15, 0.2) is 0 Å². The molecule has 3 aromatic rings. The van der Waals surface area contributed by atoms with E-state index >= 15 is 0 Å². The van der Waals surface area contributed by atoms with Gasteiger partial charge in [-0.3, -0.25) is 0 Å². The zero-order chi connectivity index (χ0) is 18.0. The van der Waals surface area contributed by atoms with E-state index in [-0.39, 0.29) is 6.61 Å². The lowest BCUT2D eigenvalue weighted by Crippen LogP contribution is -2.25. The van der Waals surface area contributed by atoms with Gasteiger partial charge in [-0.2, -0.15) is 10.2 Å². The number of pyridine rings is 1. The van der Waals surface area contributed by atoms with E-state index in [0.717, 1.165) is 27.9 Å². The molecule has 0 aliphatic carbocycles. The van der Waals surface area contributed by atoms with Crippen molar-refractivity contribution in [3.05, 3.63) is 52.7 Å². The van der Waals surface area contributed by atoms with Gasteiger partial charge in [-0.25, -0.2) is 4.98 Å². The van der Waals surface area contributed by atoms with Crippen LogP contribution in [-0.4, -0.2) is 22.1 Å². The molecule has 0 aliphatic rings. The topological polar surface area (TPSA) is 91.1 Å². The summed E-state index contributed by atoms with van der Waals surface area (Å²) in [6.07, 6.45) is 1.85. The number of nitriles is 1. The molecular formula is C19H18N4O2. The van der Waals surface area contributed by atoms with E-state index in [1.54, 1.807) is 19.9 Å². The first-order valence-electron chi connectivity index (χ1n) is 7.91. The number of para-hydroxylation sites is 1. The second kappa shape index (κ2) is 6.36. The van der Waals surface area contributed by atoms with Crippen LogP contribution in [-0.2, 0) is 0 Å². The van der Waals surface area contributed by atoms with Crippen LogP contribution in [0.4, 0.5) is 0 Å². The largest absolute Gasteiger partial charge is 0.489 e. The minimum atomic E-state index is -0.782. The van der Waals surface area contributed by atoms with Crippen LogP contribution in [0.2, 0.25) is 0 Å². The average molecular weight is 334 g/mol. The molecular weight excluding hydrogens is 316 g/mol. The summed E-state index contributed by atoms with van der Waals surface area (Å²) in [5.41, 5.74) is 3.07. The van der Waals surface area contributed by atoms with Crippen molar-refractivity contribution in [1.29, 1.82) is 5.26 Å². The molecule has 0 fully saturated rings. The van der Waals surface area contributed by atoms with Crippen molar-refractivity contribution in [3.8, 4) is 23.1 Å². The molecule has 1 aromatic carbocycles. The van der Waals surface area contributed by atoms with Crippen LogP contribution in [0.1, 0.15) is 25.1 Å². The summed E-state index contributed by atoms with van der Waals surface area (Å²) in [5.74, 6) is 0.623. The maximum absolute atomic E-state index is 10.7. The van der Waals surface area contributed by atoms with Crippen molar-refractivity contribution < 1.29 is 4.74 Å². The van der Waals surface area contributed by atoms with Gasteiger partial charge < -0.3 is 9.72 Å². The van der Waals surface area contributed by atoms with Crippen LogP contribution < -0.4 is 4.74 Å². The van der Waals surface area contributed by atoms with Gasteiger partial charge >= 0.3 is 0 Å². The van der Waals surface area contributed by atoms with E-state index < -0.39 is 5.54 Å². The summed E-state index contributed by atoms with van der Waals surface area (Å²) in [4.78, 5) is 18.5. The minimum Gasteiger partial charge on any atom is -0.489 e. The third-order valence-corrected chi connectivity index (χ3v) is 3.98. The summed E-state index contributed by atoms with van der Waals surface area (Å²) in [5, 5.41) is 13.2. The van der Waals surface area contributed by atoms with Gasteiger partial charge in [0.2, 0.25) is 0 Å². The molecule has 0 radical (unpaired) electrons. The summed E-state index contributed by atoms with van der Waals surface area (Å²) in [7, 11) is 0. The third kappa shape index (κ3) is 3.22. The Labute approximate surface area is 145 Å². The number of aryl methyl sites for hydroxylation is 1. The zero-order valence-corrected chi connectivity index (χ0v) is 14.3. The molecule has 6 nitrogen and oxygen atoms in total. The number of hydrogen-bond acceptors (Lipinski definition) is 5. The number of aromatic amines is 1. The number of nitroso groups, excluding NO2 is 1. The summed E-state index contributed by atoms with van der Waals surface area (Å²) < 4.78 is 5.68. The van der Waals surface area contributed by atoms with E-state index in [1.165, 1.54) is 0 Å². The summed E-state index contributed by atoms with van der Waals surface area (Å²) >= 11 is 0. The summed E-state index contributed by atoms with van der Waals surface area (Å²) in [6.45, 7) is 5.48. The Bertz CT molecular complexity index is 983. The van der Waals surface area contributed by atoms with Gasteiger partial charge in [0.05, 0.1) is 22.5 Å². The predicted molar refractivity (Wildman–Crippen MR) is 96.4 cm³/mol. The van der Waals surface area contributed by atoms with Crippen LogP contribution >= 0.6 is 0 Å². The van der Waals surface area contributed by atoms with E-state index in [9.17, 15) is 10.2 Å². The number of hydrogen-bond donors (Lipinski definition) is 1. The summed E-state index contributed by atoms with van der Waals surface area (Å²) in [6, 6.07) is 11.5. The molecule has 1 N–H and O–H groups in total. The Hall–Kier alpha value is -3.20. The van der Waals surface area contributed by atoms with Crippen molar-refractivity contribution in [1.82, 2.24) is 9.97 Å². The molecule has 25 heavy (non-hydrogen) atoms. The SMILES string of the molecule is Cc1nc(-c2c[nH]c3c(C#N)cccc23)ccc1OCC(C)(C)N=O. The van der Waals surface area contributed by atoms with Crippen LogP contribution in [0, 0.1) is 23.2 Å². The fourth-order valence-electron chi connectivity index (χ4n) is 2.59. The molecule has 0 aliphatic heterocycles. The van der Waals surface area contributed by atoms with Gasteiger partial charge in [0, 0.05) is 17.1 Å². The van der Waals surface area contributed by atoms with Crippen LogP contribution in [0.25, 0.3) is 22.2 Å². The molecule has 0 saturated carbocycles. The number of rotatable bonds is 5. The Morgan fingerprint density at radius 1 is 1.32 bits per heavy atom. The number of benzene rings is 1. The van der Waals surface area contributed by atoms with E-state index in [1.807, 2.05) is 37.4 Å². The van der Waals surface area contributed by atoms with Crippen molar-refractivity contribution in [2.45, 2.75) is 26.3 Å². The van der Waals surface area contributed by atoms with Crippen LogP contribution in [0.15, 0.2) is 41.7 Å². The number of ether oxygens (including phenoxy) is 1. The Morgan fingerprint density at radius 3 is 2.80 bits per heavy atom. The quantitative estimate of drug-likeness (QED) is 0.703. The van der Waals surface area contributed by atoms with Gasteiger partial charge in [-0.15, -0.1) is 0 Å². The smallest absolute Gasteiger partial charge is 0.140 e. The zero-order valence-electron chi connectivity index (χ0n) is 14.3. The molecule has 0 bridgehead atoms. The highest BCUT2D eigenvalue weighted by atomic mass is 16.5. The third-order valence-electron chi connectivity index (χ3n) is 3.98. The van der Waals surface area contributed by atoms with Crippen LogP contribution in [0.5, 0.6) is 5.75 Å². The number of nitrogens with zero attached hydrogens (tertiary/aromatic N) is 3. The minimum absolute atomic E-state index is 0.191. The van der Waals surface area contributed by atoms with Gasteiger partial charge in [-0.05, 0) is 39.0 Å². The van der Waals surface area contributed by atoms with Crippen molar-refractivity contribution in [3.63, 3.8) is 0 Å². The van der Waals surface area contributed by atoms with Gasteiger partial charge in [-0.1, -0.05) is 17.3 Å². The van der Waals surface area contributed by atoms with Crippen LogP contribution in [0.3, 0.4) is 0 Å². The number of nitrogens with one attached hydrogen (secondary N) is 1. The van der Waals surface area contributed by atoms with Gasteiger partial charge in [0.1, 0.15) is 24.0 Å². The Morgan fingerprint density at radius 2 is 2.12 bits per heavy atom. The normalized spacial score (nSPS) is 11.3. The lowest BCUT2D eigenvalue weighted by molar-refractivity contribution is 0.241. The van der Waals surface area contributed by atoms with Gasteiger partial charge in [0.25, 0.3) is 0 Å².